The summed E-state index contributed by atoms with van der Waals surface area (Å²) in [5, 5.41) is 13.0. The van der Waals surface area contributed by atoms with E-state index in [9.17, 15) is 9.59 Å². The van der Waals surface area contributed by atoms with Crippen LogP contribution in [0.15, 0.2) is 66.9 Å². The van der Waals surface area contributed by atoms with E-state index in [-0.39, 0.29) is 18.5 Å². The van der Waals surface area contributed by atoms with Crippen molar-refractivity contribution < 1.29 is 19.1 Å². The van der Waals surface area contributed by atoms with Gasteiger partial charge in [0.25, 0.3) is 5.91 Å². The summed E-state index contributed by atoms with van der Waals surface area (Å²) in [5.74, 6) is -0.0279. The van der Waals surface area contributed by atoms with Crippen LogP contribution in [-0.2, 0) is 37.3 Å². The lowest BCUT2D eigenvalue weighted by Crippen LogP contribution is -2.33. The van der Waals surface area contributed by atoms with E-state index in [1.807, 2.05) is 40.9 Å². The first-order valence-corrected chi connectivity index (χ1v) is 20.4. The number of nitrogens with two attached hydrogens (primary N) is 1. The van der Waals surface area contributed by atoms with E-state index >= 15 is 0 Å². The Morgan fingerprint density at radius 2 is 1.82 bits per heavy atom. The van der Waals surface area contributed by atoms with Gasteiger partial charge in [-0.15, -0.1) is 0 Å². The third-order valence-corrected chi connectivity index (χ3v) is 11.1. The van der Waals surface area contributed by atoms with Gasteiger partial charge in [-0.05, 0) is 111 Å². The zero-order valence-corrected chi connectivity index (χ0v) is 33.8. The van der Waals surface area contributed by atoms with Crippen LogP contribution in [0.1, 0.15) is 81.8 Å². The molecule has 2 fully saturated rings. The molecule has 5 aromatic rings. The first kappa shape index (κ1) is 39.9. The molecule has 2 aliphatic rings. The van der Waals surface area contributed by atoms with Crippen LogP contribution in [0.5, 0.6) is 5.75 Å². The van der Waals surface area contributed by atoms with Gasteiger partial charge in [0, 0.05) is 79.9 Å². The maximum atomic E-state index is 14.9. The normalized spacial score (nSPS) is 15.4. The summed E-state index contributed by atoms with van der Waals surface area (Å²) in [6.07, 6.45) is 5.43. The quantitative estimate of drug-likeness (QED) is 0.118. The van der Waals surface area contributed by atoms with Crippen molar-refractivity contribution in [3.8, 4) is 16.9 Å². The number of benzene rings is 3. The first-order chi connectivity index (χ1) is 27.7. The number of hydrogen-bond donors (Lipinski definition) is 3. The molecule has 0 atom stereocenters. The van der Waals surface area contributed by atoms with Crippen molar-refractivity contribution in [2.24, 2.45) is 5.73 Å². The third-order valence-electron chi connectivity index (χ3n) is 11.1. The molecule has 7 rings (SSSR count). The molecule has 0 radical (unpaired) electrons. The molecule has 57 heavy (non-hydrogen) atoms. The predicted octanol–water partition coefficient (Wildman–Crippen LogP) is 6.33. The van der Waals surface area contributed by atoms with Crippen molar-refractivity contribution in [3.63, 3.8) is 0 Å². The molecule has 2 aliphatic heterocycles. The topological polar surface area (TPSA) is 140 Å². The van der Waals surface area contributed by atoms with Crippen LogP contribution in [0.25, 0.3) is 22.2 Å². The minimum absolute atomic E-state index is 0.202. The molecule has 0 saturated carbocycles. The Bertz CT molecular complexity index is 2200. The highest BCUT2D eigenvalue weighted by Gasteiger charge is 2.26. The molecule has 300 valence electrons. The number of primary amides is 1. The van der Waals surface area contributed by atoms with Gasteiger partial charge in [-0.25, -0.2) is 9.67 Å². The van der Waals surface area contributed by atoms with Crippen molar-refractivity contribution >= 4 is 28.5 Å². The highest BCUT2D eigenvalue weighted by molar-refractivity contribution is 6.00. The van der Waals surface area contributed by atoms with E-state index in [1.165, 1.54) is 5.56 Å². The Kier molecular flexibility index (Phi) is 12.8. The van der Waals surface area contributed by atoms with Gasteiger partial charge in [-0.3, -0.25) is 14.5 Å². The summed E-state index contributed by atoms with van der Waals surface area (Å²) < 4.78 is 13.5. The average molecular weight is 773 g/mol. The van der Waals surface area contributed by atoms with Crippen LogP contribution < -0.4 is 21.1 Å². The molecular formula is C45H56N8O4. The number of anilines is 1. The number of aromatic nitrogens is 3. The van der Waals surface area contributed by atoms with Crippen LogP contribution in [0, 0.1) is 6.92 Å². The average Bonchev–Trinajstić information content (AvgIpc) is 3.47. The molecule has 3 aromatic carbocycles. The van der Waals surface area contributed by atoms with Gasteiger partial charge in [-0.2, -0.15) is 5.10 Å². The number of carbonyl (C=O) groups is 2. The zero-order chi connectivity index (χ0) is 39.9. The monoisotopic (exact) mass is 772 g/mol. The molecule has 0 spiro atoms. The summed E-state index contributed by atoms with van der Waals surface area (Å²) in [7, 11) is 1.69. The van der Waals surface area contributed by atoms with E-state index in [2.05, 4.69) is 59.7 Å². The summed E-state index contributed by atoms with van der Waals surface area (Å²) in [6.45, 7) is 13.7. The summed E-state index contributed by atoms with van der Waals surface area (Å²) in [4.78, 5) is 36.8. The molecular weight excluding hydrogens is 717 g/mol. The SMILES string of the molecule is CCc1nc2c(cnn2CC)c(NC2CCOCC2)c1CN(Cc1ccc(OC)c(-c2cccc(CN3CCCNCC3)c2)c1)C(=O)c1cc(C)cc(C(N)=O)c1. The second-order valence-electron chi connectivity index (χ2n) is 15.2. The second-order valence-corrected chi connectivity index (χ2v) is 15.2. The van der Waals surface area contributed by atoms with E-state index in [1.54, 1.807) is 19.2 Å². The zero-order valence-electron chi connectivity index (χ0n) is 33.8. The maximum Gasteiger partial charge on any atom is 0.254 e. The van der Waals surface area contributed by atoms with Crippen LogP contribution in [0.4, 0.5) is 5.69 Å². The van der Waals surface area contributed by atoms with E-state index in [0.29, 0.717) is 43.9 Å². The van der Waals surface area contributed by atoms with Gasteiger partial charge in [0.15, 0.2) is 5.65 Å². The molecule has 0 aliphatic carbocycles. The van der Waals surface area contributed by atoms with Gasteiger partial charge in [-0.1, -0.05) is 31.2 Å². The summed E-state index contributed by atoms with van der Waals surface area (Å²) in [5.41, 5.74) is 15.1. The summed E-state index contributed by atoms with van der Waals surface area (Å²) >= 11 is 0. The Labute approximate surface area is 335 Å². The summed E-state index contributed by atoms with van der Waals surface area (Å²) in [6, 6.07) is 20.2. The van der Waals surface area contributed by atoms with E-state index < -0.39 is 5.91 Å². The molecule has 4 heterocycles. The number of methoxy groups -OCH3 is 1. The van der Waals surface area contributed by atoms with Crippen LogP contribution in [0.3, 0.4) is 0 Å². The third kappa shape index (κ3) is 9.30. The van der Waals surface area contributed by atoms with Gasteiger partial charge in [0.1, 0.15) is 5.75 Å². The van der Waals surface area contributed by atoms with Gasteiger partial charge >= 0.3 is 0 Å². The maximum absolute atomic E-state index is 14.9. The number of nitrogens with one attached hydrogen (secondary N) is 2. The number of carbonyl (C=O) groups excluding carboxylic acids is 2. The fourth-order valence-corrected chi connectivity index (χ4v) is 8.16. The predicted molar refractivity (Wildman–Crippen MR) is 225 cm³/mol. The Morgan fingerprint density at radius 1 is 1.00 bits per heavy atom. The van der Waals surface area contributed by atoms with Crippen molar-refractivity contribution in [1.29, 1.82) is 0 Å². The molecule has 2 amide bonds. The van der Waals surface area contributed by atoms with Crippen molar-refractivity contribution in [2.75, 3.05) is 51.8 Å². The number of amides is 2. The lowest BCUT2D eigenvalue weighted by atomic mass is 9.98. The van der Waals surface area contributed by atoms with Crippen LogP contribution in [-0.4, -0.2) is 88.9 Å². The Morgan fingerprint density at radius 3 is 2.60 bits per heavy atom. The second kappa shape index (κ2) is 18.3. The molecule has 2 saturated heterocycles. The highest BCUT2D eigenvalue weighted by atomic mass is 16.5. The number of pyridine rings is 1. The number of rotatable bonds is 14. The molecule has 4 N–H and O–H groups in total. The standard InChI is InChI=1S/C45H56N8O4/c1-5-40-39(42(49-36-13-19-57-20-14-36)38-26-48-53(6-2)44(38)50-40)29-52(45(55)35-22-30(3)21-34(25-35)43(46)54)28-32-11-12-41(56-4)37(24-32)33-10-7-9-31(23-33)27-51-17-8-15-47-16-18-51/h7,9-12,21-26,36,47H,5-6,8,13-20,27-29H2,1-4H3,(H2,46,54)(H,49,50). The van der Waals surface area contributed by atoms with Gasteiger partial charge in [0.2, 0.25) is 5.91 Å². The Hall–Kier alpha value is -5.30. The lowest BCUT2D eigenvalue weighted by Gasteiger charge is -2.29. The fraction of sp³-hybridized carbons (Fsp3) is 0.422. The van der Waals surface area contributed by atoms with E-state index in [4.69, 9.17) is 25.3 Å². The lowest BCUT2D eigenvalue weighted by molar-refractivity contribution is 0.0729. The van der Waals surface area contributed by atoms with Crippen LogP contribution in [0.2, 0.25) is 0 Å². The molecule has 12 nitrogen and oxygen atoms in total. The molecule has 12 heteroatoms. The van der Waals surface area contributed by atoms with Crippen molar-refractivity contribution in [1.82, 2.24) is 29.9 Å². The number of nitrogens with zero attached hydrogens (tertiary/aromatic N) is 5. The van der Waals surface area contributed by atoms with E-state index in [0.717, 1.165) is 108 Å². The number of ether oxygens (including phenoxy) is 2. The number of aryl methyl sites for hydroxylation is 3. The first-order valence-electron chi connectivity index (χ1n) is 20.4. The fourth-order valence-electron chi connectivity index (χ4n) is 8.16. The Balaban J connectivity index is 1.30. The van der Waals surface area contributed by atoms with Crippen LogP contribution >= 0.6 is 0 Å². The van der Waals surface area contributed by atoms with Crippen molar-refractivity contribution in [2.45, 2.75) is 78.7 Å². The minimum atomic E-state index is -0.576. The van der Waals surface area contributed by atoms with Gasteiger partial charge in [0.05, 0.1) is 30.9 Å². The smallest absolute Gasteiger partial charge is 0.254 e. The largest absolute Gasteiger partial charge is 0.496 e. The van der Waals surface area contributed by atoms with Gasteiger partial charge < -0.3 is 30.7 Å². The minimum Gasteiger partial charge on any atom is -0.496 e. The molecule has 2 aromatic heterocycles. The van der Waals surface area contributed by atoms with Crippen molar-refractivity contribution in [3.05, 3.63) is 106 Å². The molecule has 0 bridgehead atoms. The number of hydrogen-bond acceptors (Lipinski definition) is 9. The number of fused-ring (bicyclic) bond motifs is 1. The molecule has 0 unspecified atom stereocenters. The highest BCUT2D eigenvalue weighted by Crippen LogP contribution is 2.35.